The summed E-state index contributed by atoms with van der Waals surface area (Å²) >= 11 is 0. The Labute approximate surface area is 167 Å². The molecule has 1 atom stereocenters. The van der Waals surface area contributed by atoms with Crippen molar-refractivity contribution in [1.29, 1.82) is 0 Å². The second-order valence-electron chi connectivity index (χ2n) is 7.07. The monoisotopic (exact) mass is 404 g/mol. The van der Waals surface area contributed by atoms with Crippen LogP contribution in [0.1, 0.15) is 31.1 Å². The van der Waals surface area contributed by atoms with Crippen LogP contribution in [0, 0.1) is 5.92 Å². The van der Waals surface area contributed by atoms with Gasteiger partial charge < -0.3 is 9.64 Å². The molecular weight excluding hydrogens is 376 g/mol. The summed E-state index contributed by atoms with van der Waals surface area (Å²) in [7, 11) is 0.939. The van der Waals surface area contributed by atoms with Crippen LogP contribution in [0.15, 0.2) is 53.4 Å². The van der Waals surface area contributed by atoms with Gasteiger partial charge in [0.25, 0.3) is 15.9 Å². The van der Waals surface area contributed by atoms with Gasteiger partial charge >= 0.3 is 0 Å². The van der Waals surface area contributed by atoms with Crippen LogP contribution in [0.2, 0.25) is 0 Å². The predicted molar refractivity (Wildman–Crippen MR) is 111 cm³/mol. The van der Waals surface area contributed by atoms with E-state index >= 15 is 0 Å². The highest BCUT2D eigenvalue weighted by molar-refractivity contribution is 7.92. The van der Waals surface area contributed by atoms with Gasteiger partial charge in [0.1, 0.15) is 5.75 Å². The molecule has 0 bridgehead atoms. The molecule has 2 aromatic carbocycles. The minimum absolute atomic E-state index is 0.0765. The number of hydrogen-bond acceptors (Lipinski definition) is 4. The van der Waals surface area contributed by atoms with E-state index in [0.717, 1.165) is 0 Å². The molecule has 0 spiro atoms. The molecular formula is C21H28N2O4S. The van der Waals surface area contributed by atoms with E-state index in [1.165, 1.54) is 30.6 Å². The maximum atomic E-state index is 13.0. The number of benzene rings is 2. The van der Waals surface area contributed by atoms with E-state index in [1.54, 1.807) is 48.3 Å². The standard InChI is InChI=1S/C21H28N2O4S/c1-15(2)16(3)22(4)21(24)17-11-13-18(14-12-17)28(25,26)23(5)19-9-7-8-10-20(19)27-6/h7-16H,1-6H3/t16-/m0/s1. The molecule has 0 aliphatic rings. The largest absolute Gasteiger partial charge is 0.495 e. The fourth-order valence-corrected chi connectivity index (χ4v) is 3.99. The summed E-state index contributed by atoms with van der Waals surface area (Å²) in [4.78, 5) is 14.4. The third kappa shape index (κ3) is 4.30. The molecule has 0 N–H and O–H groups in total. The van der Waals surface area contributed by atoms with E-state index in [9.17, 15) is 13.2 Å². The van der Waals surface area contributed by atoms with Gasteiger partial charge in [0, 0.05) is 25.7 Å². The lowest BCUT2D eigenvalue weighted by Gasteiger charge is -2.28. The average Bonchev–Trinajstić information content (AvgIpc) is 2.71. The van der Waals surface area contributed by atoms with E-state index in [4.69, 9.17) is 4.74 Å². The van der Waals surface area contributed by atoms with Gasteiger partial charge in [-0.25, -0.2) is 8.42 Å². The summed E-state index contributed by atoms with van der Waals surface area (Å²) in [5.74, 6) is 0.649. The molecule has 0 aromatic heterocycles. The summed E-state index contributed by atoms with van der Waals surface area (Å²) in [6.45, 7) is 6.10. The van der Waals surface area contributed by atoms with Crippen LogP contribution >= 0.6 is 0 Å². The summed E-state index contributed by atoms with van der Waals surface area (Å²) in [6.07, 6.45) is 0. The summed E-state index contributed by atoms with van der Waals surface area (Å²) < 4.78 is 32.4. The van der Waals surface area contributed by atoms with Crippen LogP contribution in [-0.2, 0) is 10.0 Å². The molecule has 0 saturated heterocycles. The minimum atomic E-state index is -3.79. The molecule has 0 unspecified atom stereocenters. The van der Waals surface area contributed by atoms with Gasteiger partial charge in [-0.2, -0.15) is 0 Å². The van der Waals surface area contributed by atoms with Crippen LogP contribution in [0.4, 0.5) is 5.69 Å². The smallest absolute Gasteiger partial charge is 0.264 e. The third-order valence-corrected chi connectivity index (χ3v) is 6.87. The molecule has 28 heavy (non-hydrogen) atoms. The maximum absolute atomic E-state index is 13.0. The zero-order chi connectivity index (χ0) is 21.1. The molecule has 0 heterocycles. The van der Waals surface area contributed by atoms with Crippen molar-refractivity contribution in [1.82, 2.24) is 4.90 Å². The molecule has 2 rings (SSSR count). The third-order valence-electron chi connectivity index (χ3n) is 5.08. The van der Waals surface area contributed by atoms with E-state index in [1.807, 2.05) is 6.92 Å². The van der Waals surface area contributed by atoms with Crippen LogP contribution < -0.4 is 9.04 Å². The highest BCUT2D eigenvalue weighted by atomic mass is 32.2. The number of para-hydroxylation sites is 2. The molecule has 7 heteroatoms. The number of nitrogens with zero attached hydrogens (tertiary/aromatic N) is 2. The van der Waals surface area contributed by atoms with Crippen molar-refractivity contribution in [3.8, 4) is 5.75 Å². The lowest BCUT2D eigenvalue weighted by Crippen LogP contribution is -2.38. The van der Waals surface area contributed by atoms with Crippen LogP contribution in [0.25, 0.3) is 0 Å². The van der Waals surface area contributed by atoms with Gasteiger partial charge in [0.05, 0.1) is 17.7 Å². The normalized spacial score (nSPS) is 12.5. The number of hydrogen-bond donors (Lipinski definition) is 0. The van der Waals surface area contributed by atoms with Crippen molar-refractivity contribution in [3.63, 3.8) is 0 Å². The lowest BCUT2D eigenvalue weighted by molar-refractivity contribution is 0.0707. The Hall–Kier alpha value is -2.54. The van der Waals surface area contributed by atoms with Gasteiger partial charge in [0.2, 0.25) is 0 Å². The van der Waals surface area contributed by atoms with Crippen LogP contribution in [0.3, 0.4) is 0 Å². The number of sulfonamides is 1. The van der Waals surface area contributed by atoms with Gasteiger partial charge in [-0.15, -0.1) is 0 Å². The fourth-order valence-electron chi connectivity index (χ4n) is 2.78. The van der Waals surface area contributed by atoms with Gasteiger partial charge in [-0.05, 0) is 49.2 Å². The Morgan fingerprint density at radius 3 is 2.07 bits per heavy atom. The maximum Gasteiger partial charge on any atom is 0.264 e. The topological polar surface area (TPSA) is 66.9 Å². The van der Waals surface area contributed by atoms with Crippen molar-refractivity contribution in [2.45, 2.75) is 31.7 Å². The second kappa shape index (κ2) is 8.65. The van der Waals surface area contributed by atoms with Gasteiger partial charge in [-0.3, -0.25) is 9.10 Å². The molecule has 0 saturated carbocycles. The fraction of sp³-hybridized carbons (Fsp3) is 0.381. The number of amides is 1. The zero-order valence-corrected chi connectivity index (χ0v) is 18.0. The number of methoxy groups -OCH3 is 1. The highest BCUT2D eigenvalue weighted by Gasteiger charge is 2.25. The first-order valence-electron chi connectivity index (χ1n) is 9.10. The molecule has 2 aromatic rings. The van der Waals surface area contributed by atoms with Crippen LogP contribution in [0.5, 0.6) is 5.75 Å². The Bertz CT molecular complexity index is 924. The number of carbonyl (C=O) groups excluding carboxylic acids is 1. The Balaban J connectivity index is 2.30. The van der Waals surface area contributed by atoms with Crippen molar-refractivity contribution >= 4 is 21.6 Å². The first-order chi connectivity index (χ1) is 13.1. The first kappa shape index (κ1) is 21.8. The van der Waals surface area contributed by atoms with Crippen molar-refractivity contribution in [2.75, 3.05) is 25.5 Å². The average molecular weight is 405 g/mol. The Morgan fingerprint density at radius 2 is 1.54 bits per heavy atom. The minimum Gasteiger partial charge on any atom is -0.495 e. The number of ether oxygens (including phenoxy) is 1. The van der Waals surface area contributed by atoms with Crippen molar-refractivity contribution < 1.29 is 17.9 Å². The van der Waals surface area contributed by atoms with Gasteiger partial charge in [0.15, 0.2) is 0 Å². The second-order valence-corrected chi connectivity index (χ2v) is 9.04. The molecule has 6 nitrogen and oxygen atoms in total. The zero-order valence-electron chi connectivity index (χ0n) is 17.2. The number of rotatable bonds is 7. The van der Waals surface area contributed by atoms with Crippen LogP contribution in [-0.4, -0.2) is 46.5 Å². The molecule has 0 radical (unpaired) electrons. The van der Waals surface area contributed by atoms with E-state index in [2.05, 4.69) is 13.8 Å². The quantitative estimate of drug-likeness (QED) is 0.707. The molecule has 152 valence electrons. The SMILES string of the molecule is COc1ccccc1N(C)S(=O)(=O)c1ccc(C(=O)N(C)[C@@H](C)C(C)C)cc1. The van der Waals surface area contributed by atoms with E-state index in [0.29, 0.717) is 22.9 Å². The summed E-state index contributed by atoms with van der Waals surface area (Å²) in [5, 5.41) is 0. The van der Waals surface area contributed by atoms with E-state index in [-0.39, 0.29) is 16.8 Å². The molecule has 0 fully saturated rings. The lowest BCUT2D eigenvalue weighted by atomic mass is 10.0. The first-order valence-corrected chi connectivity index (χ1v) is 10.5. The Morgan fingerprint density at radius 1 is 0.964 bits per heavy atom. The van der Waals surface area contributed by atoms with Crippen molar-refractivity contribution in [2.24, 2.45) is 5.92 Å². The highest BCUT2D eigenvalue weighted by Crippen LogP contribution is 2.31. The summed E-state index contributed by atoms with van der Waals surface area (Å²) in [5.41, 5.74) is 0.893. The Kier molecular flexibility index (Phi) is 6.72. The molecule has 0 aliphatic heterocycles. The number of carbonyl (C=O) groups is 1. The summed E-state index contributed by atoms with van der Waals surface area (Å²) in [6, 6.07) is 13.0. The van der Waals surface area contributed by atoms with E-state index < -0.39 is 10.0 Å². The van der Waals surface area contributed by atoms with Crippen molar-refractivity contribution in [3.05, 3.63) is 54.1 Å². The van der Waals surface area contributed by atoms with Gasteiger partial charge in [-0.1, -0.05) is 26.0 Å². The molecule has 1 amide bonds. The number of anilines is 1. The molecule has 0 aliphatic carbocycles. The predicted octanol–water partition coefficient (Wildman–Crippen LogP) is 3.64.